The van der Waals surface area contributed by atoms with Crippen LogP contribution < -0.4 is 5.32 Å². The van der Waals surface area contributed by atoms with Crippen LogP contribution in [0, 0.1) is 0 Å². The van der Waals surface area contributed by atoms with E-state index in [0.717, 1.165) is 45.4 Å². The second kappa shape index (κ2) is 7.29. The van der Waals surface area contributed by atoms with Gasteiger partial charge in [0.15, 0.2) is 0 Å². The first-order valence-electron chi connectivity index (χ1n) is 7.31. The quantitative estimate of drug-likeness (QED) is 0.764. The molecule has 1 saturated heterocycles. The zero-order chi connectivity index (χ0) is 13.5. The molecule has 1 amide bonds. The number of likely N-dealkylation sites (tertiary alicyclic amines) is 1. The lowest BCUT2D eigenvalue weighted by molar-refractivity contribution is -0.127. The Balaban J connectivity index is 1.58. The molecule has 1 aliphatic heterocycles. The third-order valence-corrected chi connectivity index (χ3v) is 3.77. The SMILES string of the molecule is CC(CNCCCN1CCCC1=O)c1ccccc1. The van der Waals surface area contributed by atoms with E-state index in [-0.39, 0.29) is 0 Å². The first-order chi connectivity index (χ1) is 9.27. The van der Waals surface area contributed by atoms with Crippen molar-refractivity contribution in [2.24, 2.45) is 0 Å². The molecule has 1 aromatic rings. The van der Waals surface area contributed by atoms with Crippen molar-refractivity contribution in [2.45, 2.75) is 32.1 Å². The number of carbonyl (C=O) groups excluding carboxylic acids is 1. The van der Waals surface area contributed by atoms with Crippen LogP contribution in [0.25, 0.3) is 0 Å². The first-order valence-corrected chi connectivity index (χ1v) is 7.31. The van der Waals surface area contributed by atoms with Crippen molar-refractivity contribution in [1.82, 2.24) is 10.2 Å². The highest BCUT2D eigenvalue weighted by molar-refractivity contribution is 5.77. The molecule has 1 N–H and O–H groups in total. The van der Waals surface area contributed by atoms with E-state index in [9.17, 15) is 4.79 Å². The molecule has 1 fully saturated rings. The summed E-state index contributed by atoms with van der Waals surface area (Å²) in [5.41, 5.74) is 1.38. The summed E-state index contributed by atoms with van der Waals surface area (Å²) in [4.78, 5) is 13.4. The van der Waals surface area contributed by atoms with E-state index in [1.807, 2.05) is 4.90 Å². The molecule has 0 spiro atoms. The predicted molar refractivity (Wildman–Crippen MR) is 78.2 cm³/mol. The standard InChI is InChI=1S/C16H24N2O/c1-14(15-7-3-2-4-8-15)13-17-10-6-12-18-11-5-9-16(18)19/h2-4,7-8,14,17H,5-6,9-13H2,1H3. The van der Waals surface area contributed by atoms with E-state index in [0.29, 0.717) is 11.8 Å². The van der Waals surface area contributed by atoms with Crippen LogP contribution in [0.1, 0.15) is 37.7 Å². The molecular formula is C16H24N2O. The molecule has 0 aliphatic carbocycles. The molecule has 2 rings (SSSR count). The van der Waals surface area contributed by atoms with E-state index in [2.05, 4.69) is 42.6 Å². The summed E-state index contributed by atoms with van der Waals surface area (Å²) >= 11 is 0. The molecule has 0 aromatic heterocycles. The van der Waals surface area contributed by atoms with E-state index in [1.165, 1.54) is 5.56 Å². The number of amides is 1. The zero-order valence-electron chi connectivity index (χ0n) is 11.8. The Bertz CT molecular complexity index is 391. The Morgan fingerprint density at radius 1 is 1.32 bits per heavy atom. The van der Waals surface area contributed by atoms with Crippen molar-refractivity contribution in [1.29, 1.82) is 0 Å². The van der Waals surface area contributed by atoms with Gasteiger partial charge in [-0.1, -0.05) is 37.3 Å². The molecule has 3 heteroatoms. The lowest BCUT2D eigenvalue weighted by atomic mass is 10.0. The molecule has 1 heterocycles. The summed E-state index contributed by atoms with van der Waals surface area (Å²) in [6.07, 6.45) is 2.84. The largest absolute Gasteiger partial charge is 0.343 e. The van der Waals surface area contributed by atoms with Gasteiger partial charge in [-0.25, -0.2) is 0 Å². The summed E-state index contributed by atoms with van der Waals surface area (Å²) < 4.78 is 0. The summed E-state index contributed by atoms with van der Waals surface area (Å²) in [6.45, 7) is 6.09. The van der Waals surface area contributed by atoms with Crippen LogP contribution in [0.2, 0.25) is 0 Å². The average molecular weight is 260 g/mol. The Labute approximate surface area is 116 Å². The number of hydrogen-bond acceptors (Lipinski definition) is 2. The van der Waals surface area contributed by atoms with Crippen molar-refractivity contribution in [3.05, 3.63) is 35.9 Å². The van der Waals surface area contributed by atoms with Crippen molar-refractivity contribution in [3.8, 4) is 0 Å². The van der Waals surface area contributed by atoms with Crippen LogP contribution in [-0.2, 0) is 4.79 Å². The fraction of sp³-hybridized carbons (Fsp3) is 0.562. The summed E-state index contributed by atoms with van der Waals surface area (Å²) in [6, 6.07) is 10.6. The maximum absolute atomic E-state index is 11.4. The molecule has 1 unspecified atom stereocenters. The molecule has 3 nitrogen and oxygen atoms in total. The highest BCUT2D eigenvalue weighted by atomic mass is 16.2. The zero-order valence-corrected chi connectivity index (χ0v) is 11.8. The molecule has 0 bridgehead atoms. The van der Waals surface area contributed by atoms with Crippen LogP contribution in [0.4, 0.5) is 0 Å². The lowest BCUT2D eigenvalue weighted by Gasteiger charge is -2.16. The second-order valence-electron chi connectivity index (χ2n) is 5.35. The van der Waals surface area contributed by atoms with Crippen molar-refractivity contribution >= 4 is 5.91 Å². The predicted octanol–water partition coefficient (Wildman–Crippen LogP) is 2.39. The van der Waals surface area contributed by atoms with E-state index in [4.69, 9.17) is 0 Å². The van der Waals surface area contributed by atoms with Gasteiger partial charge in [0.2, 0.25) is 5.91 Å². The van der Waals surface area contributed by atoms with Gasteiger partial charge < -0.3 is 10.2 Å². The van der Waals surface area contributed by atoms with Gasteiger partial charge in [-0.15, -0.1) is 0 Å². The molecule has 19 heavy (non-hydrogen) atoms. The molecule has 1 aromatic carbocycles. The molecule has 104 valence electrons. The Morgan fingerprint density at radius 2 is 2.11 bits per heavy atom. The summed E-state index contributed by atoms with van der Waals surface area (Å²) in [5, 5.41) is 3.48. The van der Waals surface area contributed by atoms with E-state index in [1.54, 1.807) is 0 Å². The molecular weight excluding hydrogens is 236 g/mol. The van der Waals surface area contributed by atoms with Crippen LogP contribution in [0.3, 0.4) is 0 Å². The summed E-state index contributed by atoms with van der Waals surface area (Å²) in [7, 11) is 0. The third-order valence-electron chi connectivity index (χ3n) is 3.77. The van der Waals surface area contributed by atoms with Crippen LogP contribution in [0.15, 0.2) is 30.3 Å². The lowest BCUT2D eigenvalue weighted by Crippen LogP contribution is -2.29. The molecule has 0 radical (unpaired) electrons. The van der Waals surface area contributed by atoms with Crippen molar-refractivity contribution in [2.75, 3.05) is 26.2 Å². The summed E-state index contributed by atoms with van der Waals surface area (Å²) in [5.74, 6) is 0.868. The molecule has 1 atom stereocenters. The highest BCUT2D eigenvalue weighted by Gasteiger charge is 2.18. The molecule has 0 saturated carbocycles. The van der Waals surface area contributed by atoms with Gasteiger partial charge in [-0.05, 0) is 30.9 Å². The van der Waals surface area contributed by atoms with Crippen LogP contribution in [-0.4, -0.2) is 37.0 Å². The van der Waals surface area contributed by atoms with Gasteiger partial charge in [-0.2, -0.15) is 0 Å². The monoisotopic (exact) mass is 260 g/mol. The fourth-order valence-electron chi connectivity index (χ4n) is 2.55. The fourth-order valence-corrected chi connectivity index (χ4v) is 2.55. The number of nitrogens with one attached hydrogen (secondary N) is 1. The van der Waals surface area contributed by atoms with Crippen LogP contribution in [0.5, 0.6) is 0 Å². The van der Waals surface area contributed by atoms with Crippen molar-refractivity contribution < 1.29 is 4.79 Å². The third kappa shape index (κ3) is 4.35. The number of rotatable bonds is 7. The Kier molecular flexibility index (Phi) is 5.40. The van der Waals surface area contributed by atoms with Gasteiger partial charge >= 0.3 is 0 Å². The number of hydrogen-bond donors (Lipinski definition) is 1. The normalized spacial score (nSPS) is 16.9. The van der Waals surface area contributed by atoms with Crippen molar-refractivity contribution in [3.63, 3.8) is 0 Å². The van der Waals surface area contributed by atoms with E-state index < -0.39 is 0 Å². The average Bonchev–Trinajstić information content (AvgIpc) is 2.85. The number of nitrogens with zero attached hydrogens (tertiary/aromatic N) is 1. The minimum atomic E-state index is 0.331. The van der Waals surface area contributed by atoms with Gasteiger partial charge in [0.1, 0.15) is 0 Å². The van der Waals surface area contributed by atoms with Gasteiger partial charge in [0.25, 0.3) is 0 Å². The van der Waals surface area contributed by atoms with Crippen LogP contribution >= 0.6 is 0 Å². The number of carbonyl (C=O) groups is 1. The minimum absolute atomic E-state index is 0.331. The minimum Gasteiger partial charge on any atom is -0.343 e. The van der Waals surface area contributed by atoms with Gasteiger partial charge in [0.05, 0.1) is 0 Å². The van der Waals surface area contributed by atoms with Gasteiger partial charge in [0, 0.05) is 26.1 Å². The first kappa shape index (κ1) is 14.1. The maximum atomic E-state index is 11.4. The highest BCUT2D eigenvalue weighted by Crippen LogP contribution is 2.13. The second-order valence-corrected chi connectivity index (χ2v) is 5.35. The van der Waals surface area contributed by atoms with Gasteiger partial charge in [-0.3, -0.25) is 4.79 Å². The Hall–Kier alpha value is -1.35. The maximum Gasteiger partial charge on any atom is 0.222 e. The smallest absolute Gasteiger partial charge is 0.222 e. The molecule has 1 aliphatic rings. The topological polar surface area (TPSA) is 32.3 Å². The van der Waals surface area contributed by atoms with E-state index >= 15 is 0 Å². The Morgan fingerprint density at radius 3 is 2.79 bits per heavy atom. The number of benzene rings is 1.